The van der Waals surface area contributed by atoms with Gasteiger partial charge in [-0.05, 0) is 101 Å². The summed E-state index contributed by atoms with van der Waals surface area (Å²) in [5.74, 6) is 0.487. The lowest BCUT2D eigenvalue weighted by atomic mass is 9.84. The molecule has 1 heterocycles. The van der Waals surface area contributed by atoms with Gasteiger partial charge >= 0.3 is 0 Å². The highest BCUT2D eigenvalue weighted by molar-refractivity contribution is 7.25. The highest BCUT2D eigenvalue weighted by Crippen LogP contribution is 2.46. The number of nitrogens with two attached hydrogens (primary N) is 1. The summed E-state index contributed by atoms with van der Waals surface area (Å²) in [4.78, 5) is 5.11. The third-order valence-electron chi connectivity index (χ3n) is 11.9. The summed E-state index contributed by atoms with van der Waals surface area (Å²) >= 11 is 1.85. The molecule has 2 nitrogen and oxygen atoms in total. The summed E-state index contributed by atoms with van der Waals surface area (Å²) < 4.78 is 2.63. The molecule has 0 aliphatic carbocycles. The number of rotatable bonds is 8. The highest BCUT2D eigenvalue weighted by Gasteiger charge is 2.19. The highest BCUT2D eigenvalue weighted by atomic mass is 32.1. The van der Waals surface area contributed by atoms with Gasteiger partial charge in [-0.25, -0.2) is 4.99 Å². The predicted molar refractivity (Wildman–Crippen MR) is 263 cm³/mol. The largest absolute Gasteiger partial charge is 0.383 e. The molecule has 1 aromatic heterocycles. The second-order valence-electron chi connectivity index (χ2n) is 15.6. The van der Waals surface area contributed by atoms with Gasteiger partial charge in [0.2, 0.25) is 0 Å². The first-order chi connectivity index (χ1) is 30.2. The summed E-state index contributed by atoms with van der Waals surface area (Å²) in [5, 5.41) is 10.1. The Morgan fingerprint density at radius 2 is 1.03 bits per heavy atom. The summed E-state index contributed by atoms with van der Waals surface area (Å²) in [5.41, 5.74) is 18.0. The Morgan fingerprint density at radius 1 is 0.426 bits per heavy atom. The Balaban J connectivity index is 1.02. The summed E-state index contributed by atoms with van der Waals surface area (Å²) in [6.07, 6.45) is 2.91. The first-order valence-electron chi connectivity index (χ1n) is 20.8. The second-order valence-corrected chi connectivity index (χ2v) is 16.7. The SMILES string of the molecule is NC(=N/C(=C\Cc1cccc(-c2ccc3sc4ccccc4c3c2)c1)c1ccc(-c2c3ccccc3c(-c3ccccc3)c3ccc4ccccc4c23)cc1)c1ccccc1. The molecule has 0 saturated carbocycles. The molecular weight excluding hydrogens is 757 g/mol. The van der Waals surface area contributed by atoms with Crippen LogP contribution in [0.4, 0.5) is 0 Å². The van der Waals surface area contributed by atoms with Gasteiger partial charge in [-0.3, -0.25) is 0 Å². The molecule has 0 saturated heterocycles. The molecule has 0 fully saturated rings. The van der Waals surface area contributed by atoms with Gasteiger partial charge in [0.05, 0.1) is 5.70 Å². The Labute approximate surface area is 359 Å². The minimum absolute atomic E-state index is 0.487. The fourth-order valence-corrected chi connectivity index (χ4v) is 10.1. The van der Waals surface area contributed by atoms with E-state index in [0.29, 0.717) is 12.3 Å². The van der Waals surface area contributed by atoms with Crippen LogP contribution in [0.25, 0.3) is 91.6 Å². The van der Waals surface area contributed by atoms with Crippen LogP contribution in [0.2, 0.25) is 0 Å². The van der Waals surface area contributed by atoms with Crippen LogP contribution in [0.1, 0.15) is 16.7 Å². The van der Waals surface area contributed by atoms with Crippen LogP contribution in [0, 0.1) is 0 Å². The van der Waals surface area contributed by atoms with E-state index in [-0.39, 0.29) is 0 Å². The molecule has 2 N–H and O–H groups in total. The Bertz CT molecular complexity index is 3490. The van der Waals surface area contributed by atoms with Crippen LogP contribution < -0.4 is 5.73 Å². The lowest BCUT2D eigenvalue weighted by Gasteiger charge is -2.19. The number of aliphatic imine (C=N–C) groups is 1. The Morgan fingerprint density at radius 3 is 1.84 bits per heavy atom. The molecule has 0 aliphatic rings. The molecule has 0 aliphatic heterocycles. The van der Waals surface area contributed by atoms with E-state index in [0.717, 1.165) is 22.4 Å². The Hall–Kier alpha value is -7.59. The van der Waals surface area contributed by atoms with Crippen molar-refractivity contribution in [3.05, 3.63) is 235 Å². The minimum Gasteiger partial charge on any atom is -0.383 e. The van der Waals surface area contributed by atoms with Crippen molar-refractivity contribution >= 4 is 75.4 Å². The number of fused-ring (bicyclic) bond motifs is 7. The second kappa shape index (κ2) is 15.5. The van der Waals surface area contributed by atoms with Gasteiger partial charge in [-0.2, -0.15) is 0 Å². The number of hydrogen-bond acceptors (Lipinski definition) is 2. The van der Waals surface area contributed by atoms with Crippen molar-refractivity contribution in [2.24, 2.45) is 10.7 Å². The summed E-state index contributed by atoms with van der Waals surface area (Å²) in [6, 6.07) is 76.3. The van der Waals surface area contributed by atoms with Crippen molar-refractivity contribution in [2.45, 2.75) is 6.42 Å². The molecule has 288 valence electrons. The van der Waals surface area contributed by atoms with Gasteiger partial charge in [0, 0.05) is 25.7 Å². The number of allylic oxidation sites excluding steroid dienone is 1. The molecule has 11 aromatic rings. The molecule has 0 spiro atoms. The van der Waals surface area contributed by atoms with Crippen molar-refractivity contribution in [1.29, 1.82) is 0 Å². The van der Waals surface area contributed by atoms with Gasteiger partial charge < -0.3 is 5.73 Å². The van der Waals surface area contributed by atoms with Gasteiger partial charge in [0.25, 0.3) is 0 Å². The Kier molecular flexibility index (Phi) is 9.30. The van der Waals surface area contributed by atoms with Gasteiger partial charge in [-0.15, -0.1) is 11.3 Å². The predicted octanol–water partition coefficient (Wildman–Crippen LogP) is 15.5. The van der Waals surface area contributed by atoms with E-state index in [1.54, 1.807) is 0 Å². The maximum absolute atomic E-state index is 6.75. The first-order valence-corrected chi connectivity index (χ1v) is 21.6. The summed E-state index contributed by atoms with van der Waals surface area (Å²) in [6.45, 7) is 0. The van der Waals surface area contributed by atoms with Crippen molar-refractivity contribution in [3.8, 4) is 33.4 Å². The number of hydrogen-bond donors (Lipinski definition) is 1. The van der Waals surface area contributed by atoms with Crippen LogP contribution >= 0.6 is 11.3 Å². The standard InChI is InChI=1S/C58H40N2S/c59-58(43-18-5-2-6-19-43)60-52(34-26-38-14-13-20-44(36-38)45-32-35-54-51(37-45)47-22-11-12-25-53(47)61-54)40-27-29-42(30-28-40)56-49-24-10-9-23-48(49)55(41-16-3-1-4-17-41)50-33-31-39-15-7-8-21-46(39)57(50)56/h1-25,27-37H,26H2,(H2,59,60)/b52-34-. The van der Waals surface area contributed by atoms with Gasteiger partial charge in [-0.1, -0.05) is 200 Å². The molecule has 10 aromatic carbocycles. The van der Waals surface area contributed by atoms with Crippen molar-refractivity contribution < 1.29 is 0 Å². The smallest absolute Gasteiger partial charge is 0.131 e. The maximum atomic E-state index is 6.75. The fourth-order valence-electron chi connectivity index (χ4n) is 9.00. The molecular formula is C58H40N2S. The molecule has 0 bridgehead atoms. The normalized spacial score (nSPS) is 12.3. The zero-order chi connectivity index (χ0) is 40.7. The van der Waals surface area contributed by atoms with E-state index in [1.165, 1.54) is 85.9 Å². The fraction of sp³-hybridized carbons (Fsp3) is 0.0172. The minimum atomic E-state index is 0.487. The number of benzene rings is 10. The van der Waals surface area contributed by atoms with E-state index < -0.39 is 0 Å². The van der Waals surface area contributed by atoms with Crippen molar-refractivity contribution in [3.63, 3.8) is 0 Å². The van der Waals surface area contributed by atoms with Gasteiger partial charge in [0.1, 0.15) is 5.84 Å². The number of amidine groups is 1. The number of thiophene rings is 1. The molecule has 0 radical (unpaired) electrons. The van der Waals surface area contributed by atoms with Gasteiger partial charge in [0.15, 0.2) is 0 Å². The lowest BCUT2D eigenvalue weighted by Crippen LogP contribution is -2.13. The molecule has 0 unspecified atom stereocenters. The summed E-state index contributed by atoms with van der Waals surface area (Å²) in [7, 11) is 0. The molecule has 3 heteroatoms. The topological polar surface area (TPSA) is 38.4 Å². The lowest BCUT2D eigenvalue weighted by molar-refractivity contribution is 1.26. The van der Waals surface area contributed by atoms with Crippen LogP contribution in [-0.4, -0.2) is 5.84 Å². The van der Waals surface area contributed by atoms with Crippen LogP contribution in [0.5, 0.6) is 0 Å². The molecule has 0 amide bonds. The number of nitrogens with zero attached hydrogens (tertiary/aromatic N) is 1. The van der Waals surface area contributed by atoms with E-state index >= 15 is 0 Å². The average molecular weight is 797 g/mol. The zero-order valence-electron chi connectivity index (χ0n) is 33.4. The van der Waals surface area contributed by atoms with Crippen LogP contribution in [0.3, 0.4) is 0 Å². The quantitative estimate of drug-likeness (QED) is 0.0707. The maximum Gasteiger partial charge on any atom is 0.131 e. The van der Waals surface area contributed by atoms with E-state index in [9.17, 15) is 0 Å². The van der Waals surface area contributed by atoms with E-state index in [4.69, 9.17) is 10.7 Å². The van der Waals surface area contributed by atoms with E-state index in [2.05, 4.69) is 188 Å². The molecule has 0 atom stereocenters. The van der Waals surface area contributed by atoms with E-state index in [1.807, 2.05) is 41.7 Å². The molecule has 61 heavy (non-hydrogen) atoms. The average Bonchev–Trinajstić information content (AvgIpc) is 3.71. The first kappa shape index (κ1) is 36.5. The molecule has 11 rings (SSSR count). The van der Waals surface area contributed by atoms with Crippen LogP contribution in [-0.2, 0) is 6.42 Å². The van der Waals surface area contributed by atoms with Crippen molar-refractivity contribution in [2.75, 3.05) is 0 Å². The van der Waals surface area contributed by atoms with Crippen molar-refractivity contribution in [1.82, 2.24) is 0 Å². The monoisotopic (exact) mass is 796 g/mol. The zero-order valence-corrected chi connectivity index (χ0v) is 34.2. The third kappa shape index (κ3) is 6.76. The van der Waals surface area contributed by atoms with Crippen LogP contribution in [0.15, 0.2) is 223 Å². The third-order valence-corrected chi connectivity index (χ3v) is 13.1.